The summed E-state index contributed by atoms with van der Waals surface area (Å²) in [6.45, 7) is 5.88. The highest BCUT2D eigenvalue weighted by Gasteiger charge is 2.17. The van der Waals surface area contributed by atoms with Crippen LogP contribution in [0.15, 0.2) is 24.3 Å². The van der Waals surface area contributed by atoms with Crippen molar-refractivity contribution in [1.29, 1.82) is 5.26 Å². The summed E-state index contributed by atoms with van der Waals surface area (Å²) in [5, 5.41) is 11.7. The molecule has 0 saturated carbocycles. The molecular weight excluding hydrogens is 200 g/mol. The molecule has 84 valence electrons. The zero-order valence-electron chi connectivity index (χ0n) is 9.82. The van der Waals surface area contributed by atoms with Crippen LogP contribution in [0.3, 0.4) is 0 Å². The summed E-state index contributed by atoms with van der Waals surface area (Å²) in [6, 6.07) is 9.06. The Labute approximate surface area is 96.1 Å². The second kappa shape index (κ2) is 5.32. The lowest BCUT2D eigenvalue weighted by atomic mass is 9.97. The molecule has 3 nitrogen and oxygen atoms in total. The molecule has 1 N–H and O–H groups in total. The van der Waals surface area contributed by atoms with Gasteiger partial charge in [0.1, 0.15) is 6.07 Å². The lowest BCUT2D eigenvalue weighted by Crippen LogP contribution is -2.24. The van der Waals surface area contributed by atoms with Crippen LogP contribution in [0, 0.1) is 23.2 Å². The smallest absolute Gasteiger partial charge is 0.227 e. The first kappa shape index (κ1) is 12.3. The molecule has 1 amide bonds. The van der Waals surface area contributed by atoms with Crippen LogP contribution in [0.5, 0.6) is 0 Å². The molecule has 0 aliphatic rings. The molecule has 0 aliphatic heterocycles. The SMILES string of the molecule is CC(C)C(C)C(=O)Nc1ccccc1C#N. The van der Waals surface area contributed by atoms with E-state index < -0.39 is 0 Å². The fourth-order valence-corrected chi connectivity index (χ4v) is 1.24. The molecule has 1 aromatic carbocycles. The second-order valence-electron chi connectivity index (χ2n) is 4.18. The monoisotopic (exact) mass is 216 g/mol. The number of nitrogens with one attached hydrogen (secondary N) is 1. The van der Waals surface area contributed by atoms with Gasteiger partial charge in [-0.2, -0.15) is 5.26 Å². The normalized spacial score (nSPS) is 11.9. The molecule has 0 heterocycles. The fraction of sp³-hybridized carbons (Fsp3) is 0.385. The van der Waals surface area contributed by atoms with Crippen LogP contribution in [0.1, 0.15) is 26.3 Å². The number of carbonyl (C=O) groups is 1. The Hall–Kier alpha value is -1.82. The van der Waals surface area contributed by atoms with E-state index in [-0.39, 0.29) is 17.7 Å². The fourth-order valence-electron chi connectivity index (χ4n) is 1.24. The van der Waals surface area contributed by atoms with Gasteiger partial charge in [-0.1, -0.05) is 32.9 Å². The van der Waals surface area contributed by atoms with Crippen LogP contribution < -0.4 is 5.32 Å². The van der Waals surface area contributed by atoms with Gasteiger partial charge in [-0.15, -0.1) is 0 Å². The van der Waals surface area contributed by atoms with Gasteiger partial charge < -0.3 is 5.32 Å². The largest absolute Gasteiger partial charge is 0.325 e. The van der Waals surface area contributed by atoms with Crippen molar-refractivity contribution < 1.29 is 4.79 Å². The van der Waals surface area contributed by atoms with Crippen molar-refractivity contribution in [2.75, 3.05) is 5.32 Å². The molecule has 0 aromatic heterocycles. The van der Waals surface area contributed by atoms with Crippen LogP contribution in [0.4, 0.5) is 5.69 Å². The number of anilines is 1. The van der Waals surface area contributed by atoms with Gasteiger partial charge in [0, 0.05) is 5.92 Å². The minimum absolute atomic E-state index is 0.0438. The predicted octanol–water partition coefficient (Wildman–Crippen LogP) is 2.79. The average Bonchev–Trinajstić information content (AvgIpc) is 2.28. The highest BCUT2D eigenvalue weighted by Crippen LogP contribution is 2.17. The standard InChI is InChI=1S/C13H16N2O/c1-9(2)10(3)13(16)15-12-7-5-4-6-11(12)8-14/h4-7,9-10H,1-3H3,(H,15,16). The molecule has 1 unspecified atom stereocenters. The van der Waals surface area contributed by atoms with Gasteiger partial charge >= 0.3 is 0 Å². The number of hydrogen-bond acceptors (Lipinski definition) is 2. The molecule has 1 atom stereocenters. The Kier molecular flexibility index (Phi) is 4.07. The van der Waals surface area contributed by atoms with E-state index >= 15 is 0 Å². The Morgan fingerprint density at radius 3 is 2.50 bits per heavy atom. The van der Waals surface area contributed by atoms with E-state index in [0.717, 1.165) is 0 Å². The third kappa shape index (κ3) is 2.83. The third-order valence-electron chi connectivity index (χ3n) is 2.72. The number of nitriles is 1. The quantitative estimate of drug-likeness (QED) is 0.844. The summed E-state index contributed by atoms with van der Waals surface area (Å²) in [5.74, 6) is 0.179. The maximum atomic E-state index is 11.8. The Morgan fingerprint density at radius 2 is 1.94 bits per heavy atom. The van der Waals surface area contributed by atoms with Gasteiger partial charge in [0.25, 0.3) is 0 Å². The lowest BCUT2D eigenvalue weighted by molar-refractivity contribution is -0.120. The van der Waals surface area contributed by atoms with Gasteiger partial charge in [-0.25, -0.2) is 0 Å². The van der Waals surface area contributed by atoms with Gasteiger partial charge in [0.05, 0.1) is 11.3 Å². The van der Waals surface area contributed by atoms with Gasteiger partial charge in [-0.3, -0.25) is 4.79 Å². The minimum atomic E-state index is -0.0632. The first-order valence-corrected chi connectivity index (χ1v) is 5.36. The minimum Gasteiger partial charge on any atom is -0.325 e. The Balaban J connectivity index is 2.82. The number of benzene rings is 1. The van der Waals surface area contributed by atoms with Crippen molar-refractivity contribution in [3.05, 3.63) is 29.8 Å². The van der Waals surface area contributed by atoms with E-state index in [1.807, 2.05) is 20.8 Å². The Bertz CT molecular complexity index is 418. The van der Waals surface area contributed by atoms with E-state index in [2.05, 4.69) is 11.4 Å². The van der Waals surface area contributed by atoms with Crippen molar-refractivity contribution >= 4 is 11.6 Å². The summed E-state index contributed by atoms with van der Waals surface area (Å²) in [7, 11) is 0. The summed E-state index contributed by atoms with van der Waals surface area (Å²) < 4.78 is 0. The molecule has 3 heteroatoms. The molecule has 1 rings (SSSR count). The zero-order valence-corrected chi connectivity index (χ0v) is 9.82. The molecule has 0 saturated heterocycles. The van der Waals surface area contributed by atoms with Crippen LogP contribution >= 0.6 is 0 Å². The number of hydrogen-bond donors (Lipinski definition) is 1. The molecule has 0 radical (unpaired) electrons. The molecule has 0 spiro atoms. The van der Waals surface area contributed by atoms with Gasteiger partial charge in [0.15, 0.2) is 0 Å². The van der Waals surface area contributed by atoms with Gasteiger partial charge in [0.2, 0.25) is 5.91 Å². The van der Waals surface area contributed by atoms with Crippen molar-refractivity contribution in [2.24, 2.45) is 11.8 Å². The van der Waals surface area contributed by atoms with E-state index in [4.69, 9.17) is 5.26 Å². The number of para-hydroxylation sites is 1. The number of nitrogens with zero attached hydrogens (tertiary/aromatic N) is 1. The number of rotatable bonds is 3. The first-order valence-electron chi connectivity index (χ1n) is 5.36. The van der Waals surface area contributed by atoms with Crippen LogP contribution in [0.25, 0.3) is 0 Å². The predicted molar refractivity (Wildman–Crippen MR) is 63.8 cm³/mol. The van der Waals surface area contributed by atoms with Crippen molar-refractivity contribution in [2.45, 2.75) is 20.8 Å². The Morgan fingerprint density at radius 1 is 1.31 bits per heavy atom. The average molecular weight is 216 g/mol. The number of carbonyl (C=O) groups excluding carboxylic acids is 1. The summed E-state index contributed by atoms with van der Waals surface area (Å²) in [5.41, 5.74) is 1.08. The van der Waals surface area contributed by atoms with Crippen molar-refractivity contribution in [3.63, 3.8) is 0 Å². The summed E-state index contributed by atoms with van der Waals surface area (Å²) in [4.78, 5) is 11.8. The highest BCUT2D eigenvalue weighted by molar-refractivity contribution is 5.93. The van der Waals surface area contributed by atoms with Crippen LogP contribution in [-0.4, -0.2) is 5.91 Å². The molecule has 1 aromatic rings. The molecule has 0 aliphatic carbocycles. The van der Waals surface area contributed by atoms with Crippen LogP contribution in [0.2, 0.25) is 0 Å². The maximum absolute atomic E-state index is 11.8. The third-order valence-corrected chi connectivity index (χ3v) is 2.72. The van der Waals surface area contributed by atoms with Crippen molar-refractivity contribution in [1.82, 2.24) is 0 Å². The molecule has 0 bridgehead atoms. The maximum Gasteiger partial charge on any atom is 0.227 e. The molecule has 0 fully saturated rings. The van der Waals surface area contributed by atoms with E-state index in [1.165, 1.54) is 0 Å². The molecule has 16 heavy (non-hydrogen) atoms. The van der Waals surface area contributed by atoms with Gasteiger partial charge in [-0.05, 0) is 18.1 Å². The van der Waals surface area contributed by atoms with Crippen LogP contribution in [-0.2, 0) is 4.79 Å². The van der Waals surface area contributed by atoms with E-state index in [1.54, 1.807) is 24.3 Å². The highest BCUT2D eigenvalue weighted by atomic mass is 16.1. The number of amides is 1. The van der Waals surface area contributed by atoms with E-state index in [0.29, 0.717) is 11.3 Å². The second-order valence-corrected chi connectivity index (χ2v) is 4.18. The summed E-state index contributed by atoms with van der Waals surface area (Å²) in [6.07, 6.45) is 0. The lowest BCUT2D eigenvalue weighted by Gasteiger charge is -2.15. The summed E-state index contributed by atoms with van der Waals surface area (Å²) >= 11 is 0. The topological polar surface area (TPSA) is 52.9 Å². The van der Waals surface area contributed by atoms with Crippen molar-refractivity contribution in [3.8, 4) is 6.07 Å². The van der Waals surface area contributed by atoms with E-state index in [9.17, 15) is 4.79 Å². The zero-order chi connectivity index (χ0) is 12.1. The first-order chi connectivity index (χ1) is 7.56. The molecular formula is C13H16N2O.